The van der Waals surface area contributed by atoms with E-state index in [4.69, 9.17) is 0 Å². The zero-order valence-corrected chi connectivity index (χ0v) is 8.39. The first-order valence-corrected chi connectivity index (χ1v) is 4.86. The Morgan fingerprint density at radius 2 is 2.46 bits per heavy atom. The van der Waals surface area contributed by atoms with E-state index in [-0.39, 0.29) is 11.9 Å². The molecule has 0 unspecified atom stereocenters. The second kappa shape index (κ2) is 5.02. The van der Waals surface area contributed by atoms with E-state index in [1.54, 1.807) is 0 Å². The van der Waals surface area contributed by atoms with Crippen LogP contribution in [0.25, 0.3) is 0 Å². The van der Waals surface area contributed by atoms with Crippen molar-refractivity contribution >= 4 is 5.91 Å². The molecule has 0 saturated carbocycles. The number of nitrogens with one attached hydrogen (secondary N) is 2. The van der Waals surface area contributed by atoms with Crippen molar-refractivity contribution in [1.29, 1.82) is 0 Å². The Labute approximate surface area is 79.6 Å². The molecule has 1 amide bonds. The summed E-state index contributed by atoms with van der Waals surface area (Å²) in [4.78, 5) is 11.3. The number of rotatable bonds is 3. The fourth-order valence-electron chi connectivity index (χ4n) is 1.41. The summed E-state index contributed by atoms with van der Waals surface area (Å²) >= 11 is 0. The predicted molar refractivity (Wildman–Crippen MR) is 53.5 cm³/mol. The van der Waals surface area contributed by atoms with Crippen molar-refractivity contribution < 1.29 is 4.79 Å². The van der Waals surface area contributed by atoms with Gasteiger partial charge in [0.2, 0.25) is 5.91 Å². The number of carbonyl (C=O) groups excluding carboxylic acids is 1. The molecule has 0 atom stereocenters. The van der Waals surface area contributed by atoms with Crippen LogP contribution in [0.15, 0.2) is 11.6 Å². The van der Waals surface area contributed by atoms with Gasteiger partial charge in [-0.3, -0.25) is 4.79 Å². The SMILES string of the molecule is CC(C)NC(=O)CC1=CCCNC1. The van der Waals surface area contributed by atoms with Crippen LogP contribution in [0.5, 0.6) is 0 Å². The van der Waals surface area contributed by atoms with E-state index in [0.717, 1.165) is 19.5 Å². The van der Waals surface area contributed by atoms with Crippen LogP contribution in [0, 0.1) is 0 Å². The molecule has 0 aromatic heterocycles. The van der Waals surface area contributed by atoms with Crippen molar-refractivity contribution in [2.45, 2.75) is 32.7 Å². The van der Waals surface area contributed by atoms with Gasteiger partial charge in [-0.1, -0.05) is 11.6 Å². The van der Waals surface area contributed by atoms with E-state index < -0.39 is 0 Å². The average Bonchev–Trinajstić information content (AvgIpc) is 2.04. The van der Waals surface area contributed by atoms with E-state index in [2.05, 4.69) is 16.7 Å². The predicted octanol–water partition coefficient (Wildman–Crippen LogP) is 0.821. The number of amides is 1. The minimum atomic E-state index is 0.130. The third-order valence-electron chi connectivity index (χ3n) is 1.94. The maximum Gasteiger partial charge on any atom is 0.224 e. The molecule has 1 aliphatic rings. The lowest BCUT2D eigenvalue weighted by Crippen LogP contribution is -2.32. The van der Waals surface area contributed by atoms with Gasteiger partial charge < -0.3 is 10.6 Å². The summed E-state index contributed by atoms with van der Waals surface area (Å²) in [6.07, 6.45) is 3.76. The minimum Gasteiger partial charge on any atom is -0.354 e. The van der Waals surface area contributed by atoms with Crippen LogP contribution in [0.2, 0.25) is 0 Å². The first kappa shape index (κ1) is 10.3. The Morgan fingerprint density at radius 1 is 1.69 bits per heavy atom. The Morgan fingerprint density at radius 3 is 3.00 bits per heavy atom. The van der Waals surface area contributed by atoms with E-state index in [0.29, 0.717) is 6.42 Å². The molecule has 1 heterocycles. The molecule has 13 heavy (non-hydrogen) atoms. The van der Waals surface area contributed by atoms with Crippen molar-refractivity contribution in [2.75, 3.05) is 13.1 Å². The van der Waals surface area contributed by atoms with Gasteiger partial charge in [0.05, 0.1) is 0 Å². The van der Waals surface area contributed by atoms with E-state index >= 15 is 0 Å². The van der Waals surface area contributed by atoms with Crippen molar-refractivity contribution in [2.24, 2.45) is 0 Å². The zero-order chi connectivity index (χ0) is 9.68. The summed E-state index contributed by atoms with van der Waals surface area (Å²) in [5, 5.41) is 6.13. The van der Waals surface area contributed by atoms with Crippen LogP contribution >= 0.6 is 0 Å². The molecule has 0 saturated heterocycles. The standard InChI is InChI=1S/C10H18N2O/c1-8(2)12-10(13)6-9-4-3-5-11-7-9/h4,8,11H,3,5-7H2,1-2H3,(H,12,13). The second-order valence-electron chi connectivity index (χ2n) is 3.73. The molecule has 0 bridgehead atoms. The number of hydrogen-bond acceptors (Lipinski definition) is 2. The summed E-state index contributed by atoms with van der Waals surface area (Å²) in [7, 11) is 0. The van der Waals surface area contributed by atoms with Gasteiger partial charge in [0, 0.05) is 19.0 Å². The highest BCUT2D eigenvalue weighted by Gasteiger charge is 2.08. The fraction of sp³-hybridized carbons (Fsp3) is 0.700. The molecule has 0 aliphatic carbocycles. The van der Waals surface area contributed by atoms with Gasteiger partial charge >= 0.3 is 0 Å². The molecule has 3 heteroatoms. The van der Waals surface area contributed by atoms with Crippen LogP contribution in [-0.4, -0.2) is 25.0 Å². The third-order valence-corrected chi connectivity index (χ3v) is 1.94. The molecule has 0 spiro atoms. The number of hydrogen-bond donors (Lipinski definition) is 2. The van der Waals surface area contributed by atoms with Crippen molar-refractivity contribution in [1.82, 2.24) is 10.6 Å². The largest absolute Gasteiger partial charge is 0.354 e. The first-order chi connectivity index (χ1) is 6.18. The van der Waals surface area contributed by atoms with Crippen LogP contribution in [-0.2, 0) is 4.79 Å². The molecule has 1 rings (SSSR count). The maximum atomic E-state index is 11.3. The molecular weight excluding hydrogens is 164 g/mol. The molecule has 0 radical (unpaired) electrons. The summed E-state index contributed by atoms with van der Waals surface area (Å²) in [5.74, 6) is 0.130. The Hall–Kier alpha value is -0.830. The average molecular weight is 182 g/mol. The van der Waals surface area contributed by atoms with Gasteiger partial charge in [-0.2, -0.15) is 0 Å². The summed E-state index contributed by atoms with van der Waals surface area (Å²) in [5.41, 5.74) is 1.21. The normalized spacial score (nSPS) is 17.0. The fourth-order valence-corrected chi connectivity index (χ4v) is 1.41. The van der Waals surface area contributed by atoms with Crippen LogP contribution < -0.4 is 10.6 Å². The Balaban J connectivity index is 2.30. The molecule has 74 valence electrons. The quantitative estimate of drug-likeness (QED) is 0.634. The lowest BCUT2D eigenvalue weighted by Gasteiger charge is -2.14. The minimum absolute atomic E-state index is 0.130. The van der Waals surface area contributed by atoms with Gasteiger partial charge in [-0.15, -0.1) is 0 Å². The van der Waals surface area contributed by atoms with Gasteiger partial charge in [-0.25, -0.2) is 0 Å². The van der Waals surface area contributed by atoms with Crippen molar-refractivity contribution in [3.05, 3.63) is 11.6 Å². The zero-order valence-electron chi connectivity index (χ0n) is 8.39. The second-order valence-corrected chi connectivity index (χ2v) is 3.73. The molecule has 0 aromatic rings. The van der Waals surface area contributed by atoms with E-state index in [1.807, 2.05) is 13.8 Å². The molecule has 1 aliphatic heterocycles. The summed E-state index contributed by atoms with van der Waals surface area (Å²) in [6.45, 7) is 5.86. The van der Waals surface area contributed by atoms with E-state index in [1.165, 1.54) is 5.57 Å². The Kier molecular flexibility index (Phi) is 3.96. The van der Waals surface area contributed by atoms with E-state index in [9.17, 15) is 4.79 Å². The maximum absolute atomic E-state index is 11.3. The molecule has 0 fully saturated rings. The topological polar surface area (TPSA) is 41.1 Å². The van der Waals surface area contributed by atoms with Gasteiger partial charge in [-0.05, 0) is 26.8 Å². The van der Waals surface area contributed by atoms with Crippen molar-refractivity contribution in [3.63, 3.8) is 0 Å². The smallest absolute Gasteiger partial charge is 0.224 e. The van der Waals surface area contributed by atoms with Crippen LogP contribution in [0.3, 0.4) is 0 Å². The molecular formula is C10H18N2O. The number of carbonyl (C=O) groups is 1. The highest BCUT2D eigenvalue weighted by Crippen LogP contribution is 2.05. The van der Waals surface area contributed by atoms with Crippen molar-refractivity contribution in [3.8, 4) is 0 Å². The highest BCUT2D eigenvalue weighted by molar-refractivity contribution is 5.78. The van der Waals surface area contributed by atoms with Crippen LogP contribution in [0.1, 0.15) is 26.7 Å². The molecule has 3 nitrogen and oxygen atoms in total. The highest BCUT2D eigenvalue weighted by atomic mass is 16.1. The van der Waals surface area contributed by atoms with Gasteiger partial charge in [0.15, 0.2) is 0 Å². The first-order valence-electron chi connectivity index (χ1n) is 4.86. The lowest BCUT2D eigenvalue weighted by atomic mass is 10.1. The lowest BCUT2D eigenvalue weighted by molar-refractivity contribution is -0.120. The van der Waals surface area contributed by atoms with Crippen LogP contribution in [0.4, 0.5) is 0 Å². The molecule has 2 N–H and O–H groups in total. The van der Waals surface area contributed by atoms with Gasteiger partial charge in [0.1, 0.15) is 0 Å². The summed E-state index contributed by atoms with van der Waals surface area (Å²) in [6, 6.07) is 0.240. The Bertz CT molecular complexity index is 209. The monoisotopic (exact) mass is 182 g/mol. The van der Waals surface area contributed by atoms with Gasteiger partial charge in [0.25, 0.3) is 0 Å². The summed E-state index contributed by atoms with van der Waals surface area (Å²) < 4.78 is 0. The third kappa shape index (κ3) is 4.08. The molecule has 0 aromatic carbocycles.